The maximum absolute atomic E-state index is 12.5. The molecule has 0 unspecified atom stereocenters. The van der Waals surface area contributed by atoms with Crippen LogP contribution < -0.4 is 5.56 Å². The van der Waals surface area contributed by atoms with Crippen molar-refractivity contribution < 1.29 is 4.42 Å². The first kappa shape index (κ1) is 13.5. The van der Waals surface area contributed by atoms with Crippen LogP contribution >= 0.6 is 0 Å². The number of hydrogen-bond donors (Lipinski definition) is 0. The Hall–Kier alpha value is -2.47. The monoisotopic (exact) mass is 284 g/mol. The highest BCUT2D eigenvalue weighted by molar-refractivity contribution is 5.75. The van der Waals surface area contributed by atoms with E-state index in [1.54, 1.807) is 35.6 Å². The molecule has 0 aromatic carbocycles. The number of likely N-dealkylation sites (N-methyl/N-ethyl adjacent to an activating group) is 1. The molecule has 0 aliphatic rings. The lowest BCUT2D eigenvalue weighted by Crippen LogP contribution is -2.30. The number of fused-ring (bicyclic) bond motifs is 1. The van der Waals surface area contributed by atoms with Gasteiger partial charge >= 0.3 is 0 Å². The standard InChI is InChI=1S/C15H16N4O2/c1-18(2)13(14-4-3-7-21-14)9-19-10-17-12-8-16-6-5-11(12)15(19)20/h3-8,10,13H,9H2,1-2H3/t13-/m1/s1. The van der Waals surface area contributed by atoms with Gasteiger partial charge in [-0.3, -0.25) is 19.2 Å². The first-order valence-corrected chi connectivity index (χ1v) is 6.66. The van der Waals surface area contributed by atoms with Crippen molar-refractivity contribution in [3.63, 3.8) is 0 Å². The fourth-order valence-corrected chi connectivity index (χ4v) is 2.31. The Balaban J connectivity index is 2.01. The van der Waals surface area contributed by atoms with E-state index in [9.17, 15) is 4.79 Å². The zero-order chi connectivity index (χ0) is 14.8. The molecule has 0 saturated carbocycles. The molecule has 21 heavy (non-hydrogen) atoms. The second-order valence-electron chi connectivity index (χ2n) is 5.09. The summed E-state index contributed by atoms with van der Waals surface area (Å²) in [5, 5.41) is 0.574. The third-order valence-electron chi connectivity index (χ3n) is 3.49. The summed E-state index contributed by atoms with van der Waals surface area (Å²) in [6, 6.07) is 5.42. The van der Waals surface area contributed by atoms with E-state index in [1.807, 2.05) is 31.1 Å². The highest BCUT2D eigenvalue weighted by Crippen LogP contribution is 2.20. The molecule has 6 nitrogen and oxygen atoms in total. The topological polar surface area (TPSA) is 64.2 Å². The molecular weight excluding hydrogens is 268 g/mol. The van der Waals surface area contributed by atoms with Crippen LogP contribution in [0.3, 0.4) is 0 Å². The third kappa shape index (κ3) is 2.57. The van der Waals surface area contributed by atoms with E-state index in [-0.39, 0.29) is 11.6 Å². The van der Waals surface area contributed by atoms with Gasteiger partial charge in [-0.25, -0.2) is 4.98 Å². The van der Waals surface area contributed by atoms with Crippen LogP contribution in [0, 0.1) is 0 Å². The van der Waals surface area contributed by atoms with Gasteiger partial charge in [0.1, 0.15) is 5.76 Å². The smallest absolute Gasteiger partial charge is 0.261 e. The minimum atomic E-state index is -0.0687. The van der Waals surface area contributed by atoms with Crippen molar-refractivity contribution in [3.05, 3.63) is 59.3 Å². The molecule has 0 spiro atoms. The molecule has 108 valence electrons. The van der Waals surface area contributed by atoms with Gasteiger partial charge in [-0.2, -0.15) is 0 Å². The van der Waals surface area contributed by atoms with Gasteiger partial charge in [0.25, 0.3) is 5.56 Å². The van der Waals surface area contributed by atoms with Crippen LogP contribution in [0.15, 0.2) is 52.4 Å². The molecule has 6 heteroatoms. The van der Waals surface area contributed by atoms with Gasteiger partial charge in [-0.15, -0.1) is 0 Å². The minimum absolute atomic E-state index is 0.0289. The second-order valence-corrected chi connectivity index (χ2v) is 5.09. The highest BCUT2D eigenvalue weighted by atomic mass is 16.3. The van der Waals surface area contributed by atoms with E-state index in [0.29, 0.717) is 17.4 Å². The fraction of sp³-hybridized carbons (Fsp3) is 0.267. The molecule has 1 atom stereocenters. The van der Waals surface area contributed by atoms with Crippen molar-refractivity contribution in [2.24, 2.45) is 0 Å². The van der Waals surface area contributed by atoms with Gasteiger partial charge in [0.15, 0.2) is 0 Å². The number of furan rings is 1. The SMILES string of the molecule is CN(C)[C@H](Cn1cnc2cnccc2c1=O)c1ccco1. The van der Waals surface area contributed by atoms with Crippen LogP contribution in [0.2, 0.25) is 0 Å². The number of pyridine rings is 1. The van der Waals surface area contributed by atoms with Crippen LogP contribution in [0.4, 0.5) is 0 Å². The summed E-state index contributed by atoms with van der Waals surface area (Å²) < 4.78 is 7.08. The summed E-state index contributed by atoms with van der Waals surface area (Å²) in [7, 11) is 3.91. The second kappa shape index (κ2) is 5.49. The third-order valence-corrected chi connectivity index (χ3v) is 3.49. The Morgan fingerprint density at radius 2 is 2.24 bits per heavy atom. The summed E-state index contributed by atoms with van der Waals surface area (Å²) in [5.41, 5.74) is 0.541. The van der Waals surface area contributed by atoms with Gasteiger partial charge in [0.2, 0.25) is 0 Å². The van der Waals surface area contributed by atoms with Crippen molar-refractivity contribution in [1.29, 1.82) is 0 Å². The van der Waals surface area contributed by atoms with Gasteiger partial charge < -0.3 is 4.42 Å². The van der Waals surface area contributed by atoms with E-state index in [2.05, 4.69) is 9.97 Å². The Morgan fingerprint density at radius 1 is 1.38 bits per heavy atom. The molecule has 0 aliphatic carbocycles. The van der Waals surface area contributed by atoms with Crippen molar-refractivity contribution in [1.82, 2.24) is 19.4 Å². The zero-order valence-electron chi connectivity index (χ0n) is 11.9. The molecule has 0 radical (unpaired) electrons. The summed E-state index contributed by atoms with van der Waals surface area (Å²) in [5.74, 6) is 0.821. The maximum atomic E-state index is 12.5. The van der Waals surface area contributed by atoms with Gasteiger partial charge in [0.05, 0.1) is 35.7 Å². The van der Waals surface area contributed by atoms with Gasteiger partial charge in [-0.05, 0) is 32.3 Å². The van der Waals surface area contributed by atoms with Crippen molar-refractivity contribution >= 4 is 10.9 Å². The van der Waals surface area contributed by atoms with E-state index < -0.39 is 0 Å². The van der Waals surface area contributed by atoms with Crippen molar-refractivity contribution in [2.45, 2.75) is 12.6 Å². The lowest BCUT2D eigenvalue weighted by molar-refractivity contribution is 0.230. The predicted octanol–water partition coefficient (Wildman–Crippen LogP) is 1.69. The number of nitrogens with zero attached hydrogens (tertiary/aromatic N) is 4. The summed E-state index contributed by atoms with van der Waals surface area (Å²) in [4.78, 5) is 22.8. The lowest BCUT2D eigenvalue weighted by atomic mass is 10.2. The summed E-state index contributed by atoms with van der Waals surface area (Å²) in [6.45, 7) is 0.477. The van der Waals surface area contributed by atoms with Crippen LogP contribution in [-0.4, -0.2) is 33.5 Å². The molecular formula is C15H16N4O2. The number of hydrogen-bond acceptors (Lipinski definition) is 5. The van der Waals surface area contributed by atoms with Crippen molar-refractivity contribution in [2.75, 3.05) is 14.1 Å². The van der Waals surface area contributed by atoms with Crippen LogP contribution in [0.1, 0.15) is 11.8 Å². The van der Waals surface area contributed by atoms with Crippen LogP contribution in [0.25, 0.3) is 10.9 Å². The van der Waals surface area contributed by atoms with E-state index in [4.69, 9.17) is 4.42 Å². The Kier molecular flexibility index (Phi) is 3.53. The molecule has 3 aromatic heterocycles. The summed E-state index contributed by atoms with van der Waals surface area (Å²) in [6.07, 6.45) is 6.40. The molecule has 3 heterocycles. The lowest BCUT2D eigenvalue weighted by Gasteiger charge is -2.23. The first-order chi connectivity index (χ1) is 10.2. The van der Waals surface area contributed by atoms with Crippen LogP contribution in [0.5, 0.6) is 0 Å². The molecule has 0 bridgehead atoms. The Morgan fingerprint density at radius 3 is 2.95 bits per heavy atom. The van der Waals surface area contributed by atoms with Crippen molar-refractivity contribution in [3.8, 4) is 0 Å². The zero-order valence-corrected chi connectivity index (χ0v) is 11.9. The van der Waals surface area contributed by atoms with Crippen LogP contribution in [-0.2, 0) is 6.54 Å². The van der Waals surface area contributed by atoms with Gasteiger partial charge in [0, 0.05) is 12.7 Å². The maximum Gasteiger partial charge on any atom is 0.261 e. The van der Waals surface area contributed by atoms with E-state index in [1.165, 1.54) is 0 Å². The molecule has 3 rings (SSSR count). The first-order valence-electron chi connectivity index (χ1n) is 6.66. The number of aromatic nitrogens is 3. The molecule has 3 aromatic rings. The normalized spacial score (nSPS) is 12.9. The Bertz CT molecular complexity index is 793. The molecule has 0 aliphatic heterocycles. The Labute approximate surface area is 121 Å². The van der Waals surface area contributed by atoms with E-state index >= 15 is 0 Å². The molecule has 0 fully saturated rings. The minimum Gasteiger partial charge on any atom is -0.468 e. The molecule has 0 saturated heterocycles. The quantitative estimate of drug-likeness (QED) is 0.729. The fourth-order valence-electron chi connectivity index (χ4n) is 2.31. The highest BCUT2D eigenvalue weighted by Gasteiger charge is 2.18. The van der Waals surface area contributed by atoms with Gasteiger partial charge in [-0.1, -0.05) is 0 Å². The summed E-state index contributed by atoms with van der Waals surface area (Å²) >= 11 is 0. The molecule has 0 N–H and O–H groups in total. The predicted molar refractivity (Wildman–Crippen MR) is 78.9 cm³/mol. The average Bonchev–Trinajstić information content (AvgIpc) is 3.00. The average molecular weight is 284 g/mol. The number of rotatable bonds is 4. The largest absolute Gasteiger partial charge is 0.468 e. The van der Waals surface area contributed by atoms with E-state index in [0.717, 1.165) is 5.76 Å². The molecule has 0 amide bonds.